The Bertz CT molecular complexity index is 2060. The smallest absolute Gasteiger partial charge is 0.471 e. The van der Waals surface area contributed by atoms with E-state index in [-0.39, 0.29) is 58.6 Å². The number of alkyl halides is 4. The van der Waals surface area contributed by atoms with Gasteiger partial charge in [-0.2, -0.15) is 23.1 Å². The van der Waals surface area contributed by atoms with Crippen LogP contribution in [0.2, 0.25) is 5.02 Å². The number of nitrogens with zero attached hydrogens (tertiary/aromatic N) is 6. The maximum Gasteiger partial charge on any atom is 0.471 e. The van der Waals surface area contributed by atoms with E-state index in [1.54, 1.807) is 25.7 Å². The average molecular weight is 745 g/mol. The van der Waals surface area contributed by atoms with Crippen LogP contribution in [-0.4, -0.2) is 99.5 Å². The summed E-state index contributed by atoms with van der Waals surface area (Å²) in [5.74, 6) is 0.0401. The van der Waals surface area contributed by atoms with Crippen molar-refractivity contribution in [3.63, 3.8) is 0 Å². The fraction of sp³-hybridized carbons (Fsp3) is 0.459. The van der Waals surface area contributed by atoms with E-state index in [9.17, 15) is 31.9 Å². The van der Waals surface area contributed by atoms with Gasteiger partial charge in [0.05, 0.1) is 34.5 Å². The quantitative estimate of drug-likeness (QED) is 0.173. The van der Waals surface area contributed by atoms with Crippen molar-refractivity contribution in [3.05, 3.63) is 46.4 Å². The van der Waals surface area contributed by atoms with E-state index >= 15 is 0 Å². The number of ether oxygens (including phenoxy) is 1. The molecule has 4 aromatic rings. The first kappa shape index (κ1) is 37.3. The summed E-state index contributed by atoms with van der Waals surface area (Å²) in [6, 6.07) is 4.50. The Morgan fingerprint density at radius 2 is 1.90 bits per heavy atom. The van der Waals surface area contributed by atoms with E-state index in [1.165, 1.54) is 44.2 Å². The molecule has 9 nitrogen and oxygen atoms in total. The number of aromatic nitrogens is 3. The lowest BCUT2D eigenvalue weighted by Gasteiger charge is -2.46. The summed E-state index contributed by atoms with van der Waals surface area (Å²) in [6.45, 7) is 6.88. The highest BCUT2D eigenvalue weighted by Crippen LogP contribution is 2.43. The van der Waals surface area contributed by atoms with Crippen LogP contribution < -0.4 is 9.64 Å². The minimum absolute atomic E-state index is 0.0325. The van der Waals surface area contributed by atoms with Crippen molar-refractivity contribution < 1.29 is 36.6 Å². The maximum atomic E-state index is 14.8. The lowest BCUT2D eigenvalue weighted by molar-refractivity contribution is -0.190. The summed E-state index contributed by atoms with van der Waals surface area (Å²) in [4.78, 5) is 30.9. The van der Waals surface area contributed by atoms with Crippen LogP contribution in [-0.2, 0) is 4.79 Å². The topological polar surface area (TPSA) is 94.9 Å². The van der Waals surface area contributed by atoms with Crippen LogP contribution in [0.3, 0.4) is 0 Å². The Labute approximate surface area is 302 Å². The molecule has 4 unspecified atom stereocenters. The third-order valence-corrected chi connectivity index (χ3v) is 10.4. The van der Waals surface area contributed by atoms with Crippen LogP contribution in [0.5, 0.6) is 11.8 Å². The van der Waals surface area contributed by atoms with Gasteiger partial charge in [-0.25, -0.2) is 8.78 Å². The highest BCUT2D eigenvalue weighted by Gasteiger charge is 2.48. The summed E-state index contributed by atoms with van der Waals surface area (Å²) in [7, 11) is 1.36. The minimum atomic E-state index is -5.00. The van der Waals surface area contributed by atoms with Crippen LogP contribution in [0.1, 0.15) is 50.8 Å². The van der Waals surface area contributed by atoms with Crippen LogP contribution in [0.25, 0.3) is 32.9 Å². The molecular weight excluding hydrogens is 707 g/mol. The van der Waals surface area contributed by atoms with Crippen LogP contribution in [0.4, 0.5) is 27.8 Å². The summed E-state index contributed by atoms with van der Waals surface area (Å²) < 4.78 is 72.9. The van der Waals surface area contributed by atoms with Crippen molar-refractivity contribution in [2.75, 3.05) is 38.2 Å². The molecule has 0 bridgehead atoms. The number of aryl methyl sites for hydroxylation is 1. The van der Waals surface area contributed by atoms with Gasteiger partial charge in [0.15, 0.2) is 0 Å². The third kappa shape index (κ3) is 6.88. The van der Waals surface area contributed by atoms with Gasteiger partial charge in [-0.1, -0.05) is 30.5 Å². The van der Waals surface area contributed by atoms with E-state index < -0.39 is 36.2 Å². The zero-order chi connectivity index (χ0) is 37.6. The lowest BCUT2D eigenvalue weighted by Crippen LogP contribution is -2.62. The molecule has 0 radical (unpaired) electrons. The maximum absolute atomic E-state index is 14.8. The molecule has 3 aliphatic rings. The standard InChI is InChI=1S/C30H26ClF4N5O3.C7H12FN/c1-6-17-13-39(12-14(3)40(17)28(42)30(33,34)35)27-22-15(4)36-25(24(31)26(22)37-29(38-27)43-5)20-11-18(41)10-16-8-9-21(32)19(7-2)23(16)20;8-6-4-7-2-1-3-9(7)5-6/h2,8-11,14,17,41H,6,12-13H2,1,3-5H3;6-7H,1-5H2. The van der Waals surface area contributed by atoms with Crippen molar-refractivity contribution in [1.29, 1.82) is 0 Å². The molecule has 0 spiro atoms. The Morgan fingerprint density at radius 1 is 1.15 bits per heavy atom. The highest BCUT2D eigenvalue weighted by atomic mass is 35.5. The van der Waals surface area contributed by atoms with Crippen molar-refractivity contribution in [3.8, 4) is 35.4 Å². The third-order valence-electron chi connectivity index (χ3n) is 10.1. The molecule has 4 atom stereocenters. The predicted octanol–water partition coefficient (Wildman–Crippen LogP) is 7.21. The molecule has 0 aliphatic carbocycles. The summed E-state index contributed by atoms with van der Waals surface area (Å²) >= 11 is 6.94. The second kappa shape index (κ2) is 14.5. The van der Waals surface area contributed by atoms with Gasteiger partial charge in [-0.3, -0.25) is 14.7 Å². The number of hydrogen-bond donors (Lipinski definition) is 1. The number of aromatic hydroxyl groups is 1. The fourth-order valence-corrected chi connectivity index (χ4v) is 8.06. The SMILES string of the molecule is C#Cc1c(F)ccc2cc(O)cc(-c3nc(C)c4c(N5CC(C)N(C(=O)C(F)(F)F)C(CC)C5)nc(OC)nc4c3Cl)c12.FC1CC2CCCN2C1. The number of anilines is 1. The lowest BCUT2D eigenvalue weighted by atomic mass is 9.95. The Hall–Kier alpha value is -4.48. The van der Waals surface area contributed by atoms with Gasteiger partial charge in [0, 0.05) is 48.7 Å². The van der Waals surface area contributed by atoms with E-state index in [0.29, 0.717) is 40.3 Å². The molecule has 2 aromatic heterocycles. The van der Waals surface area contributed by atoms with Gasteiger partial charge < -0.3 is 19.6 Å². The number of phenolic OH excluding ortho intramolecular Hbond substituents is 1. The molecule has 2 aromatic carbocycles. The largest absolute Gasteiger partial charge is 0.508 e. The molecule has 3 aliphatic heterocycles. The Balaban J connectivity index is 0.000000444. The zero-order valence-corrected chi connectivity index (χ0v) is 29.8. The van der Waals surface area contributed by atoms with Gasteiger partial charge in [0.25, 0.3) is 0 Å². The first-order chi connectivity index (χ1) is 24.7. The summed E-state index contributed by atoms with van der Waals surface area (Å²) in [5.41, 5.74) is 1.03. The number of carbonyl (C=O) groups excluding carboxylic acids is 1. The van der Waals surface area contributed by atoms with E-state index in [1.807, 2.05) is 0 Å². The molecule has 3 saturated heterocycles. The van der Waals surface area contributed by atoms with E-state index in [4.69, 9.17) is 27.7 Å². The van der Waals surface area contributed by atoms with Crippen molar-refractivity contribution in [1.82, 2.24) is 24.8 Å². The number of benzene rings is 2. The summed E-state index contributed by atoms with van der Waals surface area (Å²) in [6.07, 6.45) is 3.73. The normalized spacial score (nSPS) is 21.9. The second-order valence-electron chi connectivity index (χ2n) is 13.4. The van der Waals surface area contributed by atoms with Crippen molar-refractivity contribution in [2.45, 2.75) is 76.9 Å². The number of phenols is 1. The first-order valence-electron chi connectivity index (χ1n) is 17.0. The van der Waals surface area contributed by atoms with Gasteiger partial charge in [0.2, 0.25) is 0 Å². The predicted molar refractivity (Wildman–Crippen MR) is 189 cm³/mol. The number of amides is 1. The number of methoxy groups -OCH3 is 1. The molecule has 3 fully saturated rings. The fourth-order valence-electron chi connectivity index (χ4n) is 7.78. The van der Waals surface area contributed by atoms with Gasteiger partial charge >= 0.3 is 18.1 Å². The number of hydrogen-bond acceptors (Lipinski definition) is 8. The number of terminal acetylenes is 1. The van der Waals surface area contributed by atoms with E-state index in [2.05, 4.69) is 20.8 Å². The molecule has 5 heterocycles. The van der Waals surface area contributed by atoms with E-state index in [0.717, 1.165) is 17.9 Å². The number of carbonyl (C=O) groups is 1. The number of fused-ring (bicyclic) bond motifs is 3. The molecular formula is C37H38ClF5N6O3. The number of pyridine rings is 1. The molecule has 15 heteroatoms. The van der Waals surface area contributed by atoms with Crippen LogP contribution in [0.15, 0.2) is 24.3 Å². The molecule has 0 saturated carbocycles. The Morgan fingerprint density at radius 3 is 2.56 bits per heavy atom. The zero-order valence-electron chi connectivity index (χ0n) is 29.1. The second-order valence-corrected chi connectivity index (χ2v) is 13.8. The van der Waals surface area contributed by atoms with Gasteiger partial charge in [0.1, 0.15) is 29.1 Å². The van der Waals surface area contributed by atoms with Crippen molar-refractivity contribution >= 4 is 45.0 Å². The monoisotopic (exact) mass is 744 g/mol. The first-order valence-corrected chi connectivity index (χ1v) is 17.4. The molecule has 1 N–H and O–H groups in total. The number of halogens is 6. The Kier molecular flexibility index (Phi) is 10.4. The molecule has 276 valence electrons. The average Bonchev–Trinajstić information content (AvgIpc) is 3.69. The molecule has 7 rings (SSSR count). The van der Waals surface area contributed by atoms with Crippen LogP contribution in [0, 0.1) is 25.1 Å². The number of rotatable bonds is 4. The minimum Gasteiger partial charge on any atom is -0.508 e. The van der Waals surface area contributed by atoms with Gasteiger partial charge in [-0.05, 0) is 69.7 Å². The molecule has 52 heavy (non-hydrogen) atoms. The van der Waals surface area contributed by atoms with Gasteiger partial charge in [-0.15, -0.1) is 6.42 Å². The summed E-state index contributed by atoms with van der Waals surface area (Å²) in [5, 5.41) is 11.7. The molecule has 1 amide bonds. The van der Waals surface area contributed by atoms with Crippen molar-refractivity contribution in [2.24, 2.45) is 0 Å². The van der Waals surface area contributed by atoms with Crippen LogP contribution >= 0.6 is 11.6 Å². The highest BCUT2D eigenvalue weighted by molar-refractivity contribution is 6.38. The number of piperazine rings is 1.